The zero-order valence-corrected chi connectivity index (χ0v) is 11.0. The number of carbonyl (C=O) groups excluding carboxylic acids is 1. The summed E-state index contributed by atoms with van der Waals surface area (Å²) in [6, 6.07) is 14.9. The van der Waals surface area contributed by atoms with Crippen molar-refractivity contribution in [2.75, 3.05) is 7.05 Å². The molecule has 17 heavy (non-hydrogen) atoms. The molecular formula is C15H21NO. The van der Waals surface area contributed by atoms with Gasteiger partial charge in [-0.25, -0.2) is 0 Å². The van der Waals surface area contributed by atoms with E-state index in [1.807, 2.05) is 13.8 Å². The average Bonchev–Trinajstić information content (AvgIpc) is 2.41. The molecule has 2 rings (SSSR count). The van der Waals surface area contributed by atoms with Crippen molar-refractivity contribution >= 4 is 17.2 Å². The van der Waals surface area contributed by atoms with Gasteiger partial charge in [0.05, 0.1) is 0 Å². The van der Waals surface area contributed by atoms with Crippen molar-refractivity contribution in [3.63, 3.8) is 0 Å². The van der Waals surface area contributed by atoms with Crippen LogP contribution in [-0.2, 0) is 4.79 Å². The first kappa shape index (κ1) is 15.2. The lowest BCUT2D eigenvalue weighted by atomic mass is 10.1. The summed E-state index contributed by atoms with van der Waals surface area (Å²) < 4.78 is 0. The molecule has 1 N–H and O–H groups in total. The van der Waals surface area contributed by atoms with Crippen molar-refractivity contribution in [2.45, 2.75) is 20.8 Å². The molecule has 2 nitrogen and oxygen atoms in total. The van der Waals surface area contributed by atoms with E-state index in [4.69, 9.17) is 4.79 Å². The molecule has 0 spiro atoms. The van der Waals surface area contributed by atoms with E-state index in [-0.39, 0.29) is 0 Å². The first-order chi connectivity index (χ1) is 8.27. The van der Waals surface area contributed by atoms with Gasteiger partial charge in [-0.3, -0.25) is 4.79 Å². The Morgan fingerprint density at radius 2 is 1.53 bits per heavy atom. The van der Waals surface area contributed by atoms with Crippen LogP contribution < -0.4 is 5.32 Å². The van der Waals surface area contributed by atoms with E-state index in [0.29, 0.717) is 6.41 Å². The number of hydrogen-bond donors (Lipinski definition) is 1. The molecule has 0 aromatic heterocycles. The fraction of sp³-hybridized carbons (Fsp3) is 0.267. The lowest BCUT2D eigenvalue weighted by Gasteiger charge is -1.96. The van der Waals surface area contributed by atoms with E-state index in [9.17, 15) is 0 Å². The Bertz CT molecular complexity index is 438. The van der Waals surface area contributed by atoms with Gasteiger partial charge in [-0.15, -0.1) is 0 Å². The van der Waals surface area contributed by atoms with Crippen molar-refractivity contribution in [1.82, 2.24) is 5.32 Å². The van der Waals surface area contributed by atoms with E-state index >= 15 is 0 Å². The minimum absolute atomic E-state index is 0.625. The van der Waals surface area contributed by atoms with Gasteiger partial charge < -0.3 is 5.32 Å². The second-order valence-electron chi connectivity index (χ2n) is 3.26. The van der Waals surface area contributed by atoms with Gasteiger partial charge in [0, 0.05) is 7.05 Å². The minimum Gasteiger partial charge on any atom is -0.362 e. The van der Waals surface area contributed by atoms with Crippen LogP contribution in [0.2, 0.25) is 0 Å². The van der Waals surface area contributed by atoms with Crippen LogP contribution in [0.3, 0.4) is 0 Å². The Morgan fingerprint density at radius 3 is 2.06 bits per heavy atom. The van der Waals surface area contributed by atoms with Crippen LogP contribution in [0.25, 0.3) is 10.8 Å². The quantitative estimate of drug-likeness (QED) is 0.747. The molecule has 0 fully saturated rings. The smallest absolute Gasteiger partial charge is 0.206 e. The Labute approximate surface area is 104 Å². The highest BCUT2D eigenvalue weighted by molar-refractivity contribution is 5.82. The summed E-state index contributed by atoms with van der Waals surface area (Å²) >= 11 is 0. The normalized spacial score (nSPS) is 8.24. The third kappa shape index (κ3) is 5.71. The number of nitrogens with one attached hydrogen (secondary N) is 1. The number of aryl methyl sites for hydroxylation is 1. The van der Waals surface area contributed by atoms with Gasteiger partial charge in [0.25, 0.3) is 0 Å². The summed E-state index contributed by atoms with van der Waals surface area (Å²) in [6.45, 7) is 6.12. The highest BCUT2D eigenvalue weighted by Gasteiger charge is 1.89. The topological polar surface area (TPSA) is 29.1 Å². The van der Waals surface area contributed by atoms with Crippen molar-refractivity contribution in [1.29, 1.82) is 0 Å². The standard InChI is InChI=1S/C11H10.C2H5NO.C2H6/c1-9-6-7-10-4-2-3-5-11(10)8-9;1-3-2-4;1-2/h2-8H,1H3;2H,1H3,(H,3,4);1-2H3. The average molecular weight is 231 g/mol. The third-order valence-electron chi connectivity index (χ3n) is 2.02. The molecule has 2 heteroatoms. The lowest BCUT2D eigenvalue weighted by Crippen LogP contribution is -1.98. The molecule has 0 heterocycles. The molecular weight excluding hydrogens is 210 g/mol. The van der Waals surface area contributed by atoms with E-state index < -0.39 is 0 Å². The second-order valence-corrected chi connectivity index (χ2v) is 3.26. The van der Waals surface area contributed by atoms with E-state index in [0.717, 1.165) is 0 Å². The molecule has 2 aromatic rings. The summed E-state index contributed by atoms with van der Waals surface area (Å²) in [5.41, 5.74) is 1.32. The lowest BCUT2D eigenvalue weighted by molar-refractivity contribution is -0.109. The van der Waals surface area contributed by atoms with Crippen LogP contribution in [0, 0.1) is 6.92 Å². The maximum atomic E-state index is 9.06. The van der Waals surface area contributed by atoms with Crippen molar-refractivity contribution in [2.24, 2.45) is 0 Å². The molecule has 0 bridgehead atoms. The van der Waals surface area contributed by atoms with Crippen LogP contribution in [0.5, 0.6) is 0 Å². The fourth-order valence-electron chi connectivity index (χ4n) is 1.31. The predicted molar refractivity (Wildman–Crippen MR) is 75.2 cm³/mol. The van der Waals surface area contributed by atoms with E-state index in [1.165, 1.54) is 16.3 Å². The molecule has 0 saturated heterocycles. The Morgan fingerprint density at radius 1 is 1.00 bits per heavy atom. The van der Waals surface area contributed by atoms with Gasteiger partial charge in [0.15, 0.2) is 0 Å². The van der Waals surface area contributed by atoms with Crippen molar-refractivity contribution in [3.05, 3.63) is 48.0 Å². The summed E-state index contributed by atoms with van der Waals surface area (Å²) in [7, 11) is 1.56. The number of rotatable bonds is 1. The molecule has 0 aliphatic carbocycles. The van der Waals surface area contributed by atoms with Crippen LogP contribution in [-0.4, -0.2) is 13.5 Å². The molecule has 0 radical (unpaired) electrons. The molecule has 92 valence electrons. The number of carbonyl (C=O) groups is 1. The Balaban J connectivity index is 0.000000368. The maximum absolute atomic E-state index is 9.06. The molecule has 0 aliphatic heterocycles. The zero-order valence-electron chi connectivity index (χ0n) is 11.0. The number of benzene rings is 2. The molecule has 2 aromatic carbocycles. The first-order valence-electron chi connectivity index (χ1n) is 5.84. The first-order valence-corrected chi connectivity index (χ1v) is 5.84. The highest BCUT2D eigenvalue weighted by atomic mass is 16.1. The van der Waals surface area contributed by atoms with Gasteiger partial charge in [-0.05, 0) is 17.7 Å². The summed E-state index contributed by atoms with van der Waals surface area (Å²) in [4.78, 5) is 9.06. The van der Waals surface area contributed by atoms with Gasteiger partial charge in [0.1, 0.15) is 0 Å². The molecule has 0 saturated carbocycles. The maximum Gasteiger partial charge on any atom is 0.206 e. The van der Waals surface area contributed by atoms with Crippen molar-refractivity contribution < 1.29 is 4.79 Å². The predicted octanol–water partition coefficient (Wildman–Crippen LogP) is 3.54. The number of amides is 1. The van der Waals surface area contributed by atoms with E-state index in [2.05, 4.69) is 54.7 Å². The Kier molecular flexibility index (Phi) is 8.39. The van der Waals surface area contributed by atoms with Crippen LogP contribution >= 0.6 is 0 Å². The number of fused-ring (bicyclic) bond motifs is 1. The molecule has 1 amide bonds. The van der Waals surface area contributed by atoms with Gasteiger partial charge in [-0.2, -0.15) is 0 Å². The summed E-state index contributed by atoms with van der Waals surface area (Å²) in [6.07, 6.45) is 0.625. The highest BCUT2D eigenvalue weighted by Crippen LogP contribution is 2.14. The molecule has 0 unspecified atom stereocenters. The van der Waals surface area contributed by atoms with Crippen LogP contribution in [0.15, 0.2) is 42.5 Å². The zero-order chi connectivity index (χ0) is 13.1. The molecule has 0 atom stereocenters. The summed E-state index contributed by atoms with van der Waals surface area (Å²) in [5, 5.41) is 4.89. The van der Waals surface area contributed by atoms with Gasteiger partial charge in [0.2, 0.25) is 6.41 Å². The number of hydrogen-bond acceptors (Lipinski definition) is 1. The van der Waals surface area contributed by atoms with E-state index in [1.54, 1.807) is 7.05 Å². The Hall–Kier alpha value is -1.83. The largest absolute Gasteiger partial charge is 0.362 e. The summed E-state index contributed by atoms with van der Waals surface area (Å²) in [5.74, 6) is 0. The van der Waals surface area contributed by atoms with Crippen LogP contribution in [0.4, 0.5) is 0 Å². The SMILES string of the molecule is CC.CNC=O.Cc1ccc2ccccc2c1. The molecule has 0 aliphatic rings. The van der Waals surface area contributed by atoms with Gasteiger partial charge >= 0.3 is 0 Å². The van der Waals surface area contributed by atoms with Gasteiger partial charge in [-0.1, -0.05) is 61.9 Å². The van der Waals surface area contributed by atoms with Crippen molar-refractivity contribution in [3.8, 4) is 0 Å². The fourth-order valence-corrected chi connectivity index (χ4v) is 1.31. The van der Waals surface area contributed by atoms with Crippen LogP contribution in [0.1, 0.15) is 19.4 Å². The third-order valence-corrected chi connectivity index (χ3v) is 2.02. The second kappa shape index (κ2) is 9.40. The minimum atomic E-state index is 0.625. The monoisotopic (exact) mass is 231 g/mol.